The smallest absolute Gasteiger partial charge is 0.242 e. The van der Waals surface area contributed by atoms with Gasteiger partial charge in [-0.05, 0) is 29.8 Å². The Bertz CT molecular complexity index is 1010. The summed E-state index contributed by atoms with van der Waals surface area (Å²) in [5.41, 5.74) is 2.63. The molecule has 3 aromatic rings. The Morgan fingerprint density at radius 1 is 1.15 bits per heavy atom. The van der Waals surface area contributed by atoms with Crippen LogP contribution in [0.15, 0.2) is 53.4 Å². The molecule has 0 saturated heterocycles. The zero-order valence-electron chi connectivity index (χ0n) is 14.8. The van der Waals surface area contributed by atoms with E-state index in [0.29, 0.717) is 19.0 Å². The van der Waals surface area contributed by atoms with Gasteiger partial charge in [-0.15, -0.1) is 0 Å². The SMILES string of the molecule is CN(C)S(=O)(=O)c1cccc(Cn2c(NCCO)nc3ccccc32)c1. The quantitative estimate of drug-likeness (QED) is 0.658. The van der Waals surface area contributed by atoms with Crippen molar-refractivity contribution >= 4 is 27.0 Å². The molecule has 0 unspecified atom stereocenters. The second-order valence-electron chi connectivity index (χ2n) is 6.10. The predicted octanol–water partition coefficient (Wildman–Crippen LogP) is 1.74. The Hall–Kier alpha value is -2.42. The number of hydrogen-bond donors (Lipinski definition) is 2. The molecule has 1 heterocycles. The molecule has 0 radical (unpaired) electrons. The Morgan fingerprint density at radius 2 is 1.92 bits per heavy atom. The molecule has 7 nitrogen and oxygen atoms in total. The highest BCUT2D eigenvalue weighted by molar-refractivity contribution is 7.89. The lowest BCUT2D eigenvalue weighted by Gasteiger charge is -2.14. The third kappa shape index (κ3) is 3.57. The molecule has 26 heavy (non-hydrogen) atoms. The van der Waals surface area contributed by atoms with E-state index < -0.39 is 10.0 Å². The van der Waals surface area contributed by atoms with Crippen molar-refractivity contribution in [1.29, 1.82) is 0 Å². The molecule has 0 fully saturated rings. The van der Waals surface area contributed by atoms with Crippen molar-refractivity contribution in [1.82, 2.24) is 13.9 Å². The molecule has 0 bridgehead atoms. The number of benzene rings is 2. The first-order chi connectivity index (χ1) is 12.4. The second kappa shape index (κ2) is 7.45. The minimum Gasteiger partial charge on any atom is -0.395 e. The van der Waals surface area contributed by atoms with Gasteiger partial charge in [-0.3, -0.25) is 0 Å². The number of aliphatic hydroxyl groups is 1. The van der Waals surface area contributed by atoms with Gasteiger partial charge >= 0.3 is 0 Å². The van der Waals surface area contributed by atoms with Crippen LogP contribution in [0.4, 0.5) is 5.95 Å². The summed E-state index contributed by atoms with van der Waals surface area (Å²) in [4.78, 5) is 4.82. The van der Waals surface area contributed by atoms with E-state index in [1.165, 1.54) is 18.4 Å². The van der Waals surface area contributed by atoms with Gasteiger partial charge in [-0.2, -0.15) is 0 Å². The first-order valence-electron chi connectivity index (χ1n) is 8.25. The van der Waals surface area contributed by atoms with E-state index in [1.54, 1.807) is 18.2 Å². The van der Waals surface area contributed by atoms with Gasteiger partial charge in [0.2, 0.25) is 16.0 Å². The number of sulfonamides is 1. The van der Waals surface area contributed by atoms with Crippen LogP contribution >= 0.6 is 0 Å². The molecule has 0 aliphatic heterocycles. The fourth-order valence-electron chi connectivity index (χ4n) is 2.74. The maximum Gasteiger partial charge on any atom is 0.242 e. The normalized spacial score (nSPS) is 12.0. The molecule has 2 N–H and O–H groups in total. The molecular formula is C18H22N4O3S. The zero-order chi connectivity index (χ0) is 18.7. The maximum absolute atomic E-state index is 12.4. The van der Waals surface area contributed by atoms with E-state index in [9.17, 15) is 8.42 Å². The standard InChI is InChI=1S/C18H22N4O3S/c1-21(2)26(24,25)15-7-5-6-14(12-15)13-22-17-9-4-3-8-16(17)20-18(22)19-10-11-23/h3-9,12,23H,10-11,13H2,1-2H3,(H,19,20). The minimum absolute atomic E-state index is 0.000229. The van der Waals surface area contributed by atoms with Crippen LogP contribution in [0.2, 0.25) is 0 Å². The van der Waals surface area contributed by atoms with Crippen molar-refractivity contribution in [3.05, 3.63) is 54.1 Å². The summed E-state index contributed by atoms with van der Waals surface area (Å²) in [6.45, 7) is 0.850. The van der Waals surface area contributed by atoms with Crippen LogP contribution in [0.5, 0.6) is 0 Å². The summed E-state index contributed by atoms with van der Waals surface area (Å²) < 4.78 is 27.9. The van der Waals surface area contributed by atoms with Crippen molar-refractivity contribution < 1.29 is 13.5 Å². The summed E-state index contributed by atoms with van der Waals surface area (Å²) in [7, 11) is -0.453. The molecule has 3 rings (SSSR count). The molecule has 0 atom stereocenters. The highest BCUT2D eigenvalue weighted by atomic mass is 32.2. The van der Waals surface area contributed by atoms with Crippen LogP contribution in [-0.2, 0) is 16.6 Å². The summed E-state index contributed by atoms with van der Waals surface area (Å²) >= 11 is 0. The first kappa shape index (κ1) is 18.4. The van der Waals surface area contributed by atoms with Crippen molar-refractivity contribution in [3.63, 3.8) is 0 Å². The van der Waals surface area contributed by atoms with Crippen LogP contribution in [0.1, 0.15) is 5.56 Å². The van der Waals surface area contributed by atoms with Crippen molar-refractivity contribution in [2.24, 2.45) is 0 Å². The number of nitrogens with zero attached hydrogens (tertiary/aromatic N) is 3. The largest absolute Gasteiger partial charge is 0.395 e. The number of hydrogen-bond acceptors (Lipinski definition) is 5. The number of fused-ring (bicyclic) bond motifs is 1. The Balaban J connectivity index is 2.01. The van der Waals surface area contributed by atoms with Gasteiger partial charge in [0.15, 0.2) is 0 Å². The molecule has 0 amide bonds. The number of rotatable bonds is 7. The zero-order valence-corrected chi connectivity index (χ0v) is 15.6. The minimum atomic E-state index is -3.49. The van der Waals surface area contributed by atoms with E-state index in [1.807, 2.05) is 34.9 Å². The van der Waals surface area contributed by atoms with Crippen LogP contribution in [0.25, 0.3) is 11.0 Å². The summed E-state index contributed by atoms with van der Waals surface area (Å²) in [6, 6.07) is 14.6. The van der Waals surface area contributed by atoms with Gasteiger partial charge in [0.05, 0.1) is 29.1 Å². The number of aliphatic hydroxyl groups excluding tert-OH is 1. The van der Waals surface area contributed by atoms with E-state index in [4.69, 9.17) is 5.11 Å². The lowest BCUT2D eigenvalue weighted by molar-refractivity contribution is 0.310. The Kier molecular flexibility index (Phi) is 5.26. The van der Waals surface area contributed by atoms with Crippen LogP contribution < -0.4 is 5.32 Å². The predicted molar refractivity (Wildman–Crippen MR) is 102 cm³/mol. The number of imidazole rings is 1. The van der Waals surface area contributed by atoms with Crippen molar-refractivity contribution in [2.75, 3.05) is 32.6 Å². The van der Waals surface area contributed by atoms with Gasteiger partial charge < -0.3 is 15.0 Å². The maximum atomic E-state index is 12.4. The first-order valence-corrected chi connectivity index (χ1v) is 9.69. The van der Waals surface area contributed by atoms with E-state index in [2.05, 4.69) is 10.3 Å². The molecular weight excluding hydrogens is 352 g/mol. The molecule has 2 aromatic carbocycles. The molecule has 8 heteroatoms. The third-order valence-corrected chi connectivity index (χ3v) is 5.88. The topological polar surface area (TPSA) is 87.5 Å². The number of nitrogens with one attached hydrogen (secondary N) is 1. The van der Waals surface area contributed by atoms with E-state index in [0.717, 1.165) is 16.6 Å². The Labute approximate surface area is 152 Å². The Morgan fingerprint density at radius 3 is 2.65 bits per heavy atom. The van der Waals surface area contributed by atoms with Gasteiger partial charge in [0.25, 0.3) is 0 Å². The number of anilines is 1. The summed E-state index contributed by atoms with van der Waals surface area (Å²) in [6.07, 6.45) is 0. The molecule has 138 valence electrons. The average Bonchev–Trinajstić information content (AvgIpc) is 2.97. The van der Waals surface area contributed by atoms with E-state index in [-0.39, 0.29) is 11.5 Å². The van der Waals surface area contributed by atoms with Crippen LogP contribution in [0, 0.1) is 0 Å². The van der Waals surface area contributed by atoms with Crippen LogP contribution in [0.3, 0.4) is 0 Å². The molecule has 0 aliphatic carbocycles. The fourth-order valence-corrected chi connectivity index (χ4v) is 3.71. The fraction of sp³-hybridized carbons (Fsp3) is 0.278. The lowest BCUT2D eigenvalue weighted by atomic mass is 10.2. The van der Waals surface area contributed by atoms with Gasteiger partial charge in [0.1, 0.15) is 0 Å². The third-order valence-electron chi connectivity index (χ3n) is 4.07. The van der Waals surface area contributed by atoms with Crippen LogP contribution in [-0.4, -0.2) is 54.6 Å². The monoisotopic (exact) mass is 374 g/mol. The average molecular weight is 374 g/mol. The summed E-state index contributed by atoms with van der Waals surface area (Å²) in [5.74, 6) is 0.640. The highest BCUT2D eigenvalue weighted by Gasteiger charge is 2.18. The van der Waals surface area contributed by atoms with E-state index >= 15 is 0 Å². The van der Waals surface area contributed by atoms with Gasteiger partial charge in [-0.1, -0.05) is 24.3 Å². The van der Waals surface area contributed by atoms with Crippen molar-refractivity contribution in [3.8, 4) is 0 Å². The van der Waals surface area contributed by atoms with Gasteiger partial charge in [-0.25, -0.2) is 17.7 Å². The molecule has 0 saturated carbocycles. The lowest BCUT2D eigenvalue weighted by Crippen LogP contribution is -2.22. The highest BCUT2D eigenvalue weighted by Crippen LogP contribution is 2.22. The molecule has 0 spiro atoms. The number of aromatic nitrogens is 2. The van der Waals surface area contributed by atoms with Gasteiger partial charge in [0, 0.05) is 20.6 Å². The molecule has 1 aromatic heterocycles. The van der Waals surface area contributed by atoms with Crippen molar-refractivity contribution in [2.45, 2.75) is 11.4 Å². The molecule has 0 aliphatic rings. The number of para-hydroxylation sites is 2. The summed E-state index contributed by atoms with van der Waals surface area (Å²) in [5, 5.41) is 12.2. The second-order valence-corrected chi connectivity index (χ2v) is 8.25.